The summed E-state index contributed by atoms with van der Waals surface area (Å²) in [6, 6.07) is 16.4. The normalized spacial score (nSPS) is 16.2. The predicted octanol–water partition coefficient (Wildman–Crippen LogP) is 4.55. The summed E-state index contributed by atoms with van der Waals surface area (Å²) >= 11 is 6.02. The van der Waals surface area contributed by atoms with Gasteiger partial charge < -0.3 is 5.32 Å². The van der Waals surface area contributed by atoms with Crippen LogP contribution in [-0.4, -0.2) is 14.8 Å². The maximum Gasteiger partial charge on any atom is 0.226 e. The standard InChI is InChI=1S/C19H17ClN4/c1-2-13-3-5-14(6-4-13)17-11-18(15-7-9-16(20)10-8-15)24-19(23-17)21-12-22-24/h3-12,18H,2H2,1H3,(H,21,22,23)/t18-/m0/s1. The number of benzene rings is 2. The summed E-state index contributed by atoms with van der Waals surface area (Å²) in [5.41, 5.74) is 4.63. The first-order chi connectivity index (χ1) is 11.7. The molecule has 24 heavy (non-hydrogen) atoms. The fraction of sp³-hybridized carbons (Fsp3) is 0.158. The number of aromatic nitrogens is 3. The Balaban J connectivity index is 1.76. The summed E-state index contributed by atoms with van der Waals surface area (Å²) in [5, 5.41) is 8.45. The Labute approximate surface area is 145 Å². The molecule has 1 aromatic heterocycles. The second-order valence-corrected chi connectivity index (χ2v) is 6.22. The number of rotatable bonds is 3. The minimum Gasteiger partial charge on any atom is -0.324 e. The maximum atomic E-state index is 6.02. The van der Waals surface area contributed by atoms with Gasteiger partial charge >= 0.3 is 0 Å². The number of aryl methyl sites for hydroxylation is 1. The largest absolute Gasteiger partial charge is 0.324 e. The van der Waals surface area contributed by atoms with Gasteiger partial charge in [-0.15, -0.1) is 0 Å². The molecule has 0 bridgehead atoms. The van der Waals surface area contributed by atoms with Crippen LogP contribution in [0.5, 0.6) is 0 Å². The Hall–Kier alpha value is -2.59. The molecule has 0 fully saturated rings. The van der Waals surface area contributed by atoms with Crippen LogP contribution in [0.15, 0.2) is 60.9 Å². The summed E-state index contributed by atoms with van der Waals surface area (Å²) in [6.45, 7) is 2.16. The van der Waals surface area contributed by atoms with E-state index in [1.807, 2.05) is 28.9 Å². The second-order valence-electron chi connectivity index (χ2n) is 5.78. The molecule has 0 saturated carbocycles. The molecule has 2 aromatic carbocycles. The zero-order valence-corrected chi connectivity index (χ0v) is 14.0. The average Bonchev–Trinajstić information content (AvgIpc) is 3.10. The van der Waals surface area contributed by atoms with Crippen molar-refractivity contribution in [2.45, 2.75) is 19.4 Å². The van der Waals surface area contributed by atoms with Crippen molar-refractivity contribution in [1.29, 1.82) is 0 Å². The van der Waals surface area contributed by atoms with Crippen LogP contribution in [0.25, 0.3) is 5.70 Å². The topological polar surface area (TPSA) is 42.7 Å². The third-order valence-electron chi connectivity index (χ3n) is 4.29. The van der Waals surface area contributed by atoms with E-state index in [0.717, 1.165) is 34.2 Å². The third kappa shape index (κ3) is 2.69. The average molecular weight is 337 g/mol. The molecule has 1 N–H and O–H groups in total. The first-order valence-electron chi connectivity index (χ1n) is 7.97. The highest BCUT2D eigenvalue weighted by atomic mass is 35.5. The van der Waals surface area contributed by atoms with E-state index in [1.165, 1.54) is 5.56 Å². The molecule has 5 heteroatoms. The number of nitrogens with one attached hydrogen (secondary N) is 1. The van der Waals surface area contributed by atoms with Crippen LogP contribution in [-0.2, 0) is 6.42 Å². The fourth-order valence-electron chi connectivity index (χ4n) is 2.92. The van der Waals surface area contributed by atoms with Crippen molar-refractivity contribution in [3.05, 3.63) is 82.6 Å². The smallest absolute Gasteiger partial charge is 0.226 e. The minimum atomic E-state index is -0.0122. The fourth-order valence-corrected chi connectivity index (χ4v) is 3.05. The van der Waals surface area contributed by atoms with Crippen molar-refractivity contribution in [2.24, 2.45) is 0 Å². The van der Waals surface area contributed by atoms with Gasteiger partial charge in [-0.1, -0.05) is 54.9 Å². The molecule has 1 aliphatic heterocycles. The van der Waals surface area contributed by atoms with Gasteiger partial charge in [0.1, 0.15) is 12.4 Å². The summed E-state index contributed by atoms with van der Waals surface area (Å²) < 4.78 is 1.88. The second kappa shape index (κ2) is 6.13. The van der Waals surface area contributed by atoms with Crippen molar-refractivity contribution in [1.82, 2.24) is 14.8 Å². The molecule has 0 radical (unpaired) electrons. The van der Waals surface area contributed by atoms with Crippen molar-refractivity contribution < 1.29 is 0 Å². The van der Waals surface area contributed by atoms with Gasteiger partial charge in [-0.25, -0.2) is 4.68 Å². The van der Waals surface area contributed by atoms with Crippen LogP contribution >= 0.6 is 11.6 Å². The number of allylic oxidation sites excluding steroid dienone is 1. The SMILES string of the molecule is CCc1ccc(C2=C[C@@H](c3ccc(Cl)cc3)n3ncnc3N2)cc1. The summed E-state index contributed by atoms with van der Waals surface area (Å²) in [4.78, 5) is 4.33. The van der Waals surface area contributed by atoms with Crippen molar-refractivity contribution >= 4 is 23.2 Å². The van der Waals surface area contributed by atoms with Gasteiger partial charge in [-0.05, 0) is 41.3 Å². The molecule has 0 aliphatic carbocycles. The molecule has 0 amide bonds. The van der Waals surface area contributed by atoms with Gasteiger partial charge in [0, 0.05) is 10.7 Å². The number of hydrogen-bond acceptors (Lipinski definition) is 3. The molecular weight excluding hydrogens is 320 g/mol. The van der Waals surface area contributed by atoms with Gasteiger partial charge in [0.2, 0.25) is 5.95 Å². The van der Waals surface area contributed by atoms with Crippen LogP contribution in [0.4, 0.5) is 5.95 Å². The number of anilines is 1. The van der Waals surface area contributed by atoms with Gasteiger partial charge in [-0.3, -0.25) is 0 Å². The minimum absolute atomic E-state index is 0.0122. The molecule has 0 saturated heterocycles. The van der Waals surface area contributed by atoms with Gasteiger partial charge in [0.15, 0.2) is 0 Å². The Morgan fingerprint density at radius 3 is 2.54 bits per heavy atom. The Morgan fingerprint density at radius 1 is 1.08 bits per heavy atom. The Kier molecular flexibility index (Phi) is 3.82. The highest BCUT2D eigenvalue weighted by molar-refractivity contribution is 6.30. The summed E-state index contributed by atoms with van der Waals surface area (Å²) in [7, 11) is 0. The van der Waals surface area contributed by atoms with Crippen LogP contribution in [0.3, 0.4) is 0 Å². The van der Waals surface area contributed by atoms with E-state index in [-0.39, 0.29) is 6.04 Å². The van der Waals surface area contributed by atoms with Crippen LogP contribution in [0, 0.1) is 0 Å². The zero-order valence-electron chi connectivity index (χ0n) is 13.3. The lowest BCUT2D eigenvalue weighted by Gasteiger charge is -2.24. The number of hydrogen-bond donors (Lipinski definition) is 1. The number of nitrogens with zero attached hydrogens (tertiary/aromatic N) is 3. The van der Waals surface area contributed by atoms with Gasteiger partial charge in [0.25, 0.3) is 0 Å². The molecule has 120 valence electrons. The predicted molar refractivity (Wildman–Crippen MR) is 97.0 cm³/mol. The van der Waals surface area contributed by atoms with E-state index in [9.17, 15) is 0 Å². The Bertz CT molecular complexity index is 878. The number of fused-ring (bicyclic) bond motifs is 1. The molecule has 3 aromatic rings. The van der Waals surface area contributed by atoms with E-state index in [1.54, 1.807) is 6.33 Å². The summed E-state index contributed by atoms with van der Waals surface area (Å²) in [5.74, 6) is 0.743. The van der Waals surface area contributed by atoms with E-state index in [4.69, 9.17) is 11.6 Å². The first-order valence-corrected chi connectivity index (χ1v) is 8.35. The lowest BCUT2D eigenvalue weighted by Crippen LogP contribution is -2.20. The number of halogens is 1. The van der Waals surface area contributed by atoms with E-state index in [0.29, 0.717) is 0 Å². The zero-order chi connectivity index (χ0) is 16.5. The van der Waals surface area contributed by atoms with Crippen LogP contribution in [0.2, 0.25) is 5.02 Å². The molecule has 1 atom stereocenters. The van der Waals surface area contributed by atoms with E-state index >= 15 is 0 Å². The van der Waals surface area contributed by atoms with Crippen LogP contribution < -0.4 is 5.32 Å². The molecule has 4 rings (SSSR count). The molecule has 0 unspecified atom stereocenters. The molecule has 0 spiro atoms. The summed E-state index contributed by atoms with van der Waals surface area (Å²) in [6.07, 6.45) is 4.78. The lowest BCUT2D eigenvalue weighted by atomic mass is 10.0. The van der Waals surface area contributed by atoms with Gasteiger partial charge in [0.05, 0.1) is 0 Å². The van der Waals surface area contributed by atoms with E-state index < -0.39 is 0 Å². The first kappa shape index (κ1) is 15.0. The molecule has 1 aliphatic rings. The Morgan fingerprint density at radius 2 is 1.83 bits per heavy atom. The lowest BCUT2D eigenvalue weighted by molar-refractivity contribution is 0.612. The molecule has 2 heterocycles. The molecule has 4 nitrogen and oxygen atoms in total. The van der Waals surface area contributed by atoms with Crippen LogP contribution in [0.1, 0.15) is 29.7 Å². The van der Waals surface area contributed by atoms with Crippen molar-refractivity contribution in [3.8, 4) is 0 Å². The van der Waals surface area contributed by atoms with Gasteiger partial charge in [-0.2, -0.15) is 10.1 Å². The van der Waals surface area contributed by atoms with Crippen molar-refractivity contribution in [3.63, 3.8) is 0 Å². The quantitative estimate of drug-likeness (QED) is 0.763. The van der Waals surface area contributed by atoms with Crippen molar-refractivity contribution in [2.75, 3.05) is 5.32 Å². The highest BCUT2D eigenvalue weighted by Gasteiger charge is 2.23. The maximum absolute atomic E-state index is 6.02. The monoisotopic (exact) mass is 336 g/mol. The molecular formula is C19H17ClN4. The third-order valence-corrected chi connectivity index (χ3v) is 4.54. The van der Waals surface area contributed by atoms with E-state index in [2.05, 4.69) is 52.7 Å². The highest BCUT2D eigenvalue weighted by Crippen LogP contribution is 2.32.